The summed E-state index contributed by atoms with van der Waals surface area (Å²) >= 11 is 0. The number of nitrogens with one attached hydrogen (secondary N) is 2. The summed E-state index contributed by atoms with van der Waals surface area (Å²) in [6.07, 6.45) is 1.65. The molecular weight excluding hydrogens is 298 g/mol. The van der Waals surface area contributed by atoms with E-state index in [1.807, 2.05) is 6.92 Å². The summed E-state index contributed by atoms with van der Waals surface area (Å²) in [6, 6.07) is 8.66. The summed E-state index contributed by atoms with van der Waals surface area (Å²) in [6.45, 7) is 2.25. The van der Waals surface area contributed by atoms with E-state index in [0.29, 0.717) is 17.4 Å². The highest BCUT2D eigenvalue weighted by atomic mass is 35.5. The van der Waals surface area contributed by atoms with E-state index in [2.05, 4.69) is 15.0 Å². The molecule has 5 nitrogen and oxygen atoms in total. The summed E-state index contributed by atoms with van der Waals surface area (Å²) in [4.78, 5) is 4.43. The third-order valence-corrected chi connectivity index (χ3v) is 4.45. The molecule has 2 rings (SSSR count). The van der Waals surface area contributed by atoms with Crippen LogP contribution in [0.5, 0.6) is 0 Å². The van der Waals surface area contributed by atoms with Crippen molar-refractivity contribution in [1.82, 2.24) is 15.0 Å². The van der Waals surface area contributed by atoms with Gasteiger partial charge in [0.05, 0.1) is 10.4 Å². The van der Waals surface area contributed by atoms with Crippen molar-refractivity contribution < 1.29 is 8.42 Å². The van der Waals surface area contributed by atoms with E-state index in [1.54, 1.807) is 43.6 Å². The fourth-order valence-electron chi connectivity index (χ4n) is 1.72. The Morgan fingerprint density at radius 3 is 2.70 bits per heavy atom. The predicted octanol–water partition coefficient (Wildman–Crippen LogP) is 1.54. The van der Waals surface area contributed by atoms with Crippen LogP contribution in [0.2, 0.25) is 0 Å². The fraction of sp³-hybridized carbons (Fsp3) is 0.308. The van der Waals surface area contributed by atoms with Gasteiger partial charge < -0.3 is 5.32 Å². The highest BCUT2D eigenvalue weighted by Crippen LogP contribution is 2.20. The topological polar surface area (TPSA) is 71.1 Å². The van der Waals surface area contributed by atoms with E-state index in [-0.39, 0.29) is 23.3 Å². The monoisotopic (exact) mass is 315 g/mol. The smallest absolute Gasteiger partial charge is 0.241 e. The maximum absolute atomic E-state index is 12.3. The summed E-state index contributed by atoms with van der Waals surface area (Å²) < 4.78 is 27.2. The molecule has 0 spiro atoms. The summed E-state index contributed by atoms with van der Waals surface area (Å²) in [5.41, 5.74) is 0.673. The number of likely N-dealkylation sites (N-methyl/N-ethyl adjacent to an activating group) is 1. The van der Waals surface area contributed by atoms with Gasteiger partial charge in [0.2, 0.25) is 10.0 Å². The molecule has 2 N–H and O–H groups in total. The molecule has 1 heterocycles. The van der Waals surface area contributed by atoms with E-state index in [4.69, 9.17) is 0 Å². The number of rotatable bonds is 5. The number of halogens is 1. The maximum Gasteiger partial charge on any atom is 0.241 e. The number of pyridine rings is 1. The Bertz CT molecular complexity index is 671. The Morgan fingerprint density at radius 1 is 1.25 bits per heavy atom. The molecule has 0 fully saturated rings. The molecule has 0 radical (unpaired) electrons. The SMILES string of the molecule is CNC(C)CNS(=O)(=O)c1cccc2ncccc12.Cl. The van der Waals surface area contributed by atoms with Crippen molar-refractivity contribution in [2.45, 2.75) is 17.9 Å². The second-order valence-electron chi connectivity index (χ2n) is 4.37. The summed E-state index contributed by atoms with van der Waals surface area (Å²) in [5, 5.41) is 3.62. The number of benzene rings is 1. The molecular formula is C13H18ClN3O2S. The molecule has 0 aliphatic carbocycles. The molecule has 7 heteroatoms. The van der Waals surface area contributed by atoms with E-state index in [9.17, 15) is 8.42 Å². The van der Waals surface area contributed by atoms with Crippen LogP contribution in [0.4, 0.5) is 0 Å². The minimum absolute atomic E-state index is 0. The lowest BCUT2D eigenvalue weighted by molar-refractivity contribution is 0.555. The van der Waals surface area contributed by atoms with Gasteiger partial charge in [0.25, 0.3) is 0 Å². The normalized spacial score (nSPS) is 12.9. The Morgan fingerprint density at radius 2 is 2.00 bits per heavy atom. The molecule has 1 unspecified atom stereocenters. The lowest BCUT2D eigenvalue weighted by Gasteiger charge is -2.13. The zero-order valence-electron chi connectivity index (χ0n) is 11.3. The molecule has 2 aromatic rings. The van der Waals surface area contributed by atoms with Crippen LogP contribution in [0.3, 0.4) is 0 Å². The lowest BCUT2D eigenvalue weighted by atomic mass is 10.2. The molecule has 0 amide bonds. The molecule has 0 saturated heterocycles. The maximum atomic E-state index is 12.3. The van der Waals surface area contributed by atoms with Gasteiger partial charge in [-0.2, -0.15) is 0 Å². The number of fused-ring (bicyclic) bond motifs is 1. The molecule has 20 heavy (non-hydrogen) atoms. The molecule has 110 valence electrons. The van der Waals surface area contributed by atoms with Crippen molar-refractivity contribution in [3.63, 3.8) is 0 Å². The highest BCUT2D eigenvalue weighted by molar-refractivity contribution is 7.89. The quantitative estimate of drug-likeness (QED) is 0.878. The van der Waals surface area contributed by atoms with E-state index in [0.717, 1.165) is 0 Å². The van der Waals surface area contributed by atoms with Crippen molar-refractivity contribution in [2.75, 3.05) is 13.6 Å². The van der Waals surface area contributed by atoms with E-state index < -0.39 is 10.0 Å². The zero-order valence-corrected chi connectivity index (χ0v) is 13.0. The third kappa shape index (κ3) is 3.67. The van der Waals surface area contributed by atoms with Gasteiger partial charge in [-0.15, -0.1) is 12.4 Å². The summed E-state index contributed by atoms with van der Waals surface area (Å²) in [5.74, 6) is 0. The van der Waals surface area contributed by atoms with Crippen LogP contribution in [0.25, 0.3) is 10.9 Å². The van der Waals surface area contributed by atoms with Gasteiger partial charge in [0.1, 0.15) is 0 Å². The number of sulfonamides is 1. The minimum atomic E-state index is -3.52. The molecule has 0 aliphatic rings. The Balaban J connectivity index is 0.00000200. The van der Waals surface area contributed by atoms with Gasteiger partial charge in [0.15, 0.2) is 0 Å². The first-order valence-electron chi connectivity index (χ1n) is 6.05. The second-order valence-corrected chi connectivity index (χ2v) is 6.10. The number of nitrogens with zero attached hydrogens (tertiary/aromatic N) is 1. The Hall–Kier alpha value is -1.21. The van der Waals surface area contributed by atoms with Gasteiger partial charge in [0, 0.05) is 24.2 Å². The predicted molar refractivity (Wildman–Crippen MR) is 82.7 cm³/mol. The van der Waals surface area contributed by atoms with E-state index >= 15 is 0 Å². The average molecular weight is 316 g/mol. The van der Waals surface area contributed by atoms with Gasteiger partial charge >= 0.3 is 0 Å². The standard InChI is InChI=1S/C13H17N3O2S.ClH/c1-10(14-2)9-16-19(17,18)13-7-3-6-12-11(13)5-4-8-15-12;/h3-8,10,14,16H,9H2,1-2H3;1H. The van der Waals surface area contributed by atoms with Crippen LogP contribution in [0.15, 0.2) is 41.4 Å². The lowest BCUT2D eigenvalue weighted by Crippen LogP contribution is -2.37. The van der Waals surface area contributed by atoms with Crippen LogP contribution in [0, 0.1) is 0 Å². The second kappa shape index (κ2) is 6.99. The molecule has 1 aromatic carbocycles. The van der Waals surface area contributed by atoms with Gasteiger partial charge in [-0.25, -0.2) is 13.1 Å². The highest BCUT2D eigenvalue weighted by Gasteiger charge is 2.17. The van der Waals surface area contributed by atoms with Crippen molar-refractivity contribution in [3.05, 3.63) is 36.5 Å². The Labute approximate surface area is 125 Å². The molecule has 1 aromatic heterocycles. The van der Waals surface area contributed by atoms with Crippen LogP contribution in [0.1, 0.15) is 6.92 Å². The average Bonchev–Trinajstić information content (AvgIpc) is 2.44. The molecule has 1 atom stereocenters. The largest absolute Gasteiger partial charge is 0.316 e. The van der Waals surface area contributed by atoms with Crippen molar-refractivity contribution in [3.8, 4) is 0 Å². The molecule has 0 bridgehead atoms. The molecule has 0 aliphatic heterocycles. The van der Waals surface area contributed by atoms with Crippen LogP contribution < -0.4 is 10.0 Å². The van der Waals surface area contributed by atoms with Gasteiger partial charge in [-0.1, -0.05) is 6.07 Å². The van der Waals surface area contributed by atoms with Gasteiger partial charge in [-0.05, 0) is 38.2 Å². The van der Waals surface area contributed by atoms with Crippen molar-refractivity contribution >= 4 is 33.3 Å². The van der Waals surface area contributed by atoms with Crippen LogP contribution >= 0.6 is 12.4 Å². The minimum Gasteiger partial charge on any atom is -0.316 e. The van der Waals surface area contributed by atoms with Crippen molar-refractivity contribution in [1.29, 1.82) is 0 Å². The first kappa shape index (κ1) is 16.8. The number of hydrogen-bond acceptors (Lipinski definition) is 4. The van der Waals surface area contributed by atoms with Crippen molar-refractivity contribution in [2.24, 2.45) is 0 Å². The summed E-state index contributed by atoms with van der Waals surface area (Å²) in [7, 11) is -1.73. The fourth-order valence-corrected chi connectivity index (χ4v) is 3.07. The van der Waals surface area contributed by atoms with Gasteiger partial charge in [-0.3, -0.25) is 4.98 Å². The third-order valence-electron chi connectivity index (χ3n) is 2.97. The van der Waals surface area contributed by atoms with Crippen LogP contribution in [-0.2, 0) is 10.0 Å². The van der Waals surface area contributed by atoms with Crippen LogP contribution in [-0.4, -0.2) is 33.0 Å². The first-order chi connectivity index (χ1) is 9.04. The zero-order chi connectivity index (χ0) is 13.9. The molecule has 0 saturated carbocycles. The Kier molecular flexibility index (Phi) is 5.88. The number of hydrogen-bond donors (Lipinski definition) is 2. The first-order valence-corrected chi connectivity index (χ1v) is 7.53. The number of aromatic nitrogens is 1. The van der Waals surface area contributed by atoms with E-state index in [1.165, 1.54) is 0 Å².